The van der Waals surface area contributed by atoms with Crippen molar-refractivity contribution in [2.75, 3.05) is 52.4 Å². The van der Waals surface area contributed by atoms with Crippen molar-refractivity contribution >= 4 is 42.1 Å². The van der Waals surface area contributed by atoms with Gasteiger partial charge in [0.1, 0.15) is 0 Å². The number of halogens is 2. The molecule has 3 rings (SSSR count). The standard InChI is InChI=1S/C17H28N4OS.2ClH/c1-17(13-18)4-5-20(14-17)12-16(22)21-8-6-19(7-9-21)11-15-3-2-10-23-15;;/h2-3,10H,4-9,11-14,18H2,1H3;2*1H. The van der Waals surface area contributed by atoms with Gasteiger partial charge in [-0.15, -0.1) is 36.2 Å². The van der Waals surface area contributed by atoms with Crippen molar-refractivity contribution in [1.29, 1.82) is 0 Å². The zero-order valence-electron chi connectivity index (χ0n) is 14.9. The van der Waals surface area contributed by atoms with E-state index in [4.69, 9.17) is 5.73 Å². The molecule has 1 aromatic heterocycles. The van der Waals surface area contributed by atoms with E-state index in [1.54, 1.807) is 0 Å². The summed E-state index contributed by atoms with van der Waals surface area (Å²) in [5.41, 5.74) is 6.04. The minimum absolute atomic E-state index is 0. The summed E-state index contributed by atoms with van der Waals surface area (Å²) < 4.78 is 0. The number of nitrogens with zero attached hydrogens (tertiary/aromatic N) is 3. The highest BCUT2D eigenvalue weighted by Gasteiger charge is 2.34. The summed E-state index contributed by atoms with van der Waals surface area (Å²) in [5, 5.41) is 2.13. The highest BCUT2D eigenvalue weighted by atomic mass is 35.5. The Balaban J connectivity index is 0.00000156. The summed E-state index contributed by atoms with van der Waals surface area (Å²) in [5.74, 6) is 0.280. The fraction of sp³-hybridized carbons (Fsp3) is 0.706. The second-order valence-electron chi connectivity index (χ2n) is 7.21. The van der Waals surface area contributed by atoms with E-state index in [0.29, 0.717) is 13.1 Å². The van der Waals surface area contributed by atoms with E-state index in [1.165, 1.54) is 4.88 Å². The molecule has 5 nitrogen and oxygen atoms in total. The number of likely N-dealkylation sites (tertiary alicyclic amines) is 1. The zero-order valence-corrected chi connectivity index (χ0v) is 17.3. The van der Waals surface area contributed by atoms with Gasteiger partial charge in [0.05, 0.1) is 6.54 Å². The minimum Gasteiger partial charge on any atom is -0.339 e. The molecule has 0 radical (unpaired) electrons. The molecule has 1 atom stereocenters. The first kappa shape index (κ1) is 22.7. The second kappa shape index (κ2) is 10.1. The van der Waals surface area contributed by atoms with Crippen LogP contribution in [0.15, 0.2) is 17.5 Å². The van der Waals surface area contributed by atoms with E-state index in [2.05, 4.69) is 34.2 Å². The van der Waals surface area contributed by atoms with Crippen LogP contribution in [0, 0.1) is 5.41 Å². The Labute approximate surface area is 167 Å². The Bertz CT molecular complexity index is 523. The number of piperazine rings is 1. The van der Waals surface area contributed by atoms with Gasteiger partial charge in [0.15, 0.2) is 0 Å². The molecule has 25 heavy (non-hydrogen) atoms. The van der Waals surface area contributed by atoms with E-state index in [-0.39, 0.29) is 36.1 Å². The molecule has 0 spiro atoms. The molecule has 0 aliphatic carbocycles. The van der Waals surface area contributed by atoms with Crippen molar-refractivity contribution in [2.24, 2.45) is 11.1 Å². The van der Waals surface area contributed by atoms with Crippen molar-refractivity contribution in [1.82, 2.24) is 14.7 Å². The summed E-state index contributed by atoms with van der Waals surface area (Å²) in [7, 11) is 0. The normalized spacial score (nSPS) is 24.6. The molecule has 144 valence electrons. The van der Waals surface area contributed by atoms with Crippen molar-refractivity contribution < 1.29 is 4.79 Å². The number of carbonyl (C=O) groups is 1. The summed E-state index contributed by atoms with van der Waals surface area (Å²) >= 11 is 1.81. The first-order valence-corrected chi connectivity index (χ1v) is 9.41. The molecular formula is C17H30Cl2N4OS. The third-order valence-electron chi connectivity index (χ3n) is 5.17. The van der Waals surface area contributed by atoms with Crippen LogP contribution in [0.3, 0.4) is 0 Å². The molecule has 0 aromatic carbocycles. The predicted molar refractivity (Wildman–Crippen MR) is 109 cm³/mol. The quantitative estimate of drug-likeness (QED) is 0.807. The van der Waals surface area contributed by atoms with E-state index >= 15 is 0 Å². The topological polar surface area (TPSA) is 52.8 Å². The maximum Gasteiger partial charge on any atom is 0.236 e. The molecule has 2 saturated heterocycles. The molecule has 0 saturated carbocycles. The van der Waals surface area contributed by atoms with Crippen LogP contribution in [0.1, 0.15) is 18.2 Å². The number of hydrogen-bond acceptors (Lipinski definition) is 5. The third-order valence-corrected chi connectivity index (χ3v) is 6.03. The van der Waals surface area contributed by atoms with E-state index in [9.17, 15) is 4.79 Å². The predicted octanol–water partition coefficient (Wildman–Crippen LogP) is 1.91. The summed E-state index contributed by atoms with van der Waals surface area (Å²) in [6.07, 6.45) is 1.10. The van der Waals surface area contributed by atoms with Gasteiger partial charge in [0.2, 0.25) is 5.91 Å². The van der Waals surface area contributed by atoms with Gasteiger partial charge in [-0.3, -0.25) is 14.6 Å². The van der Waals surface area contributed by atoms with Crippen LogP contribution in [0.2, 0.25) is 0 Å². The van der Waals surface area contributed by atoms with Crippen molar-refractivity contribution in [3.63, 3.8) is 0 Å². The van der Waals surface area contributed by atoms with Crippen LogP contribution < -0.4 is 5.73 Å². The molecular weight excluding hydrogens is 379 g/mol. The monoisotopic (exact) mass is 408 g/mol. The molecule has 2 fully saturated rings. The highest BCUT2D eigenvalue weighted by Crippen LogP contribution is 2.28. The maximum absolute atomic E-state index is 12.5. The minimum atomic E-state index is 0. The largest absolute Gasteiger partial charge is 0.339 e. The van der Waals surface area contributed by atoms with Crippen molar-refractivity contribution in [2.45, 2.75) is 19.9 Å². The van der Waals surface area contributed by atoms with Crippen LogP contribution >= 0.6 is 36.2 Å². The van der Waals surface area contributed by atoms with Gasteiger partial charge in [-0.05, 0) is 36.4 Å². The average molecular weight is 409 g/mol. The summed E-state index contributed by atoms with van der Waals surface area (Å²) in [4.78, 5) is 20.7. The van der Waals surface area contributed by atoms with E-state index in [1.807, 2.05) is 16.2 Å². The number of rotatable bonds is 5. The Morgan fingerprint density at radius 1 is 1.20 bits per heavy atom. The molecule has 2 aliphatic heterocycles. The highest BCUT2D eigenvalue weighted by molar-refractivity contribution is 7.09. The van der Waals surface area contributed by atoms with Gasteiger partial charge in [0, 0.05) is 44.1 Å². The van der Waals surface area contributed by atoms with Crippen LogP contribution in [0.5, 0.6) is 0 Å². The number of carbonyl (C=O) groups excluding carboxylic acids is 1. The Hall–Kier alpha value is -0.370. The fourth-order valence-electron chi connectivity index (χ4n) is 3.50. The Morgan fingerprint density at radius 2 is 1.92 bits per heavy atom. The number of hydrogen-bond donors (Lipinski definition) is 1. The molecule has 1 amide bonds. The molecule has 0 bridgehead atoms. The lowest BCUT2D eigenvalue weighted by molar-refractivity contribution is -0.134. The zero-order chi connectivity index (χ0) is 16.3. The average Bonchev–Trinajstić information content (AvgIpc) is 3.19. The molecule has 2 aliphatic rings. The van der Waals surface area contributed by atoms with Crippen LogP contribution in [-0.2, 0) is 11.3 Å². The van der Waals surface area contributed by atoms with Crippen LogP contribution in [0.25, 0.3) is 0 Å². The fourth-order valence-corrected chi connectivity index (χ4v) is 4.24. The lowest BCUT2D eigenvalue weighted by Crippen LogP contribution is -2.50. The molecule has 1 unspecified atom stereocenters. The van der Waals surface area contributed by atoms with Gasteiger partial charge < -0.3 is 10.6 Å². The molecule has 8 heteroatoms. The lowest BCUT2D eigenvalue weighted by atomic mass is 9.90. The lowest BCUT2D eigenvalue weighted by Gasteiger charge is -2.35. The Morgan fingerprint density at radius 3 is 2.48 bits per heavy atom. The second-order valence-corrected chi connectivity index (χ2v) is 8.24. The molecule has 1 aromatic rings. The number of nitrogens with two attached hydrogens (primary N) is 1. The van der Waals surface area contributed by atoms with E-state index in [0.717, 1.165) is 52.2 Å². The van der Waals surface area contributed by atoms with Gasteiger partial charge in [0.25, 0.3) is 0 Å². The van der Waals surface area contributed by atoms with Gasteiger partial charge in [-0.1, -0.05) is 13.0 Å². The SMILES string of the molecule is CC1(CN)CCN(CC(=O)N2CCN(Cc3cccs3)CC2)C1.Cl.Cl. The number of amides is 1. The van der Waals surface area contributed by atoms with Crippen LogP contribution in [0.4, 0.5) is 0 Å². The summed E-state index contributed by atoms with van der Waals surface area (Å²) in [6.45, 7) is 10.1. The third kappa shape index (κ3) is 6.08. The van der Waals surface area contributed by atoms with Crippen LogP contribution in [-0.4, -0.2) is 73.0 Å². The van der Waals surface area contributed by atoms with Crippen molar-refractivity contribution in [3.05, 3.63) is 22.4 Å². The van der Waals surface area contributed by atoms with E-state index < -0.39 is 0 Å². The van der Waals surface area contributed by atoms with Crippen molar-refractivity contribution in [3.8, 4) is 0 Å². The molecule has 3 heterocycles. The van der Waals surface area contributed by atoms with Gasteiger partial charge in [-0.25, -0.2) is 0 Å². The van der Waals surface area contributed by atoms with Gasteiger partial charge >= 0.3 is 0 Å². The first-order valence-electron chi connectivity index (χ1n) is 8.53. The first-order chi connectivity index (χ1) is 11.1. The van der Waals surface area contributed by atoms with Gasteiger partial charge in [-0.2, -0.15) is 0 Å². The summed E-state index contributed by atoms with van der Waals surface area (Å²) in [6, 6.07) is 4.29. The number of thiophene rings is 1. The maximum atomic E-state index is 12.5. The molecule has 2 N–H and O–H groups in total. The smallest absolute Gasteiger partial charge is 0.236 e. The Kier molecular flexibility index (Phi) is 9.15.